The van der Waals surface area contributed by atoms with E-state index in [4.69, 9.17) is 0 Å². The SMILES string of the molecule is CC(=O)/C=C\[C@@H]1C(C)=CC[C@@H](C)C1(C)C. The fraction of sp³-hybridized carbons (Fsp3) is 0.643. The molecule has 0 bridgehead atoms. The number of hydrogen-bond donors (Lipinski definition) is 0. The van der Waals surface area contributed by atoms with Crippen molar-refractivity contribution in [2.45, 2.75) is 41.0 Å². The second-order valence-corrected chi connectivity index (χ2v) is 5.35. The monoisotopic (exact) mass is 206 g/mol. The Morgan fingerprint density at radius 2 is 2.13 bits per heavy atom. The molecule has 0 fully saturated rings. The highest BCUT2D eigenvalue weighted by atomic mass is 16.1. The van der Waals surface area contributed by atoms with Gasteiger partial charge in [0.15, 0.2) is 5.78 Å². The molecule has 0 heterocycles. The molecule has 1 nitrogen and oxygen atoms in total. The summed E-state index contributed by atoms with van der Waals surface area (Å²) in [6, 6.07) is 0. The Morgan fingerprint density at radius 1 is 1.53 bits per heavy atom. The molecule has 2 atom stereocenters. The second-order valence-electron chi connectivity index (χ2n) is 5.35. The summed E-state index contributed by atoms with van der Waals surface area (Å²) in [4.78, 5) is 11.0. The number of carbonyl (C=O) groups is 1. The zero-order valence-corrected chi connectivity index (χ0v) is 10.5. The predicted molar refractivity (Wildman–Crippen MR) is 64.6 cm³/mol. The molecule has 1 rings (SSSR count). The predicted octanol–water partition coefficient (Wildman–Crippen LogP) is 3.76. The summed E-state index contributed by atoms with van der Waals surface area (Å²) in [7, 11) is 0. The lowest BCUT2D eigenvalue weighted by Gasteiger charge is -2.42. The third kappa shape index (κ3) is 2.58. The molecule has 0 N–H and O–H groups in total. The Bertz CT molecular complexity index is 307. The van der Waals surface area contributed by atoms with Crippen LogP contribution in [0.5, 0.6) is 0 Å². The van der Waals surface area contributed by atoms with E-state index in [9.17, 15) is 4.79 Å². The van der Waals surface area contributed by atoms with E-state index in [-0.39, 0.29) is 11.2 Å². The van der Waals surface area contributed by atoms with Crippen LogP contribution < -0.4 is 0 Å². The Hall–Kier alpha value is -0.850. The maximum absolute atomic E-state index is 11.0. The minimum absolute atomic E-state index is 0.136. The first-order valence-electron chi connectivity index (χ1n) is 5.71. The lowest BCUT2D eigenvalue weighted by molar-refractivity contribution is -0.112. The number of rotatable bonds is 2. The van der Waals surface area contributed by atoms with Gasteiger partial charge in [0, 0.05) is 5.92 Å². The smallest absolute Gasteiger partial charge is 0.152 e. The topological polar surface area (TPSA) is 17.1 Å². The van der Waals surface area contributed by atoms with Crippen LogP contribution in [0.1, 0.15) is 41.0 Å². The summed E-state index contributed by atoms with van der Waals surface area (Å²) >= 11 is 0. The summed E-state index contributed by atoms with van der Waals surface area (Å²) in [5.41, 5.74) is 1.65. The minimum Gasteiger partial charge on any atom is -0.295 e. The lowest BCUT2D eigenvalue weighted by Crippen LogP contribution is -2.33. The van der Waals surface area contributed by atoms with Gasteiger partial charge in [-0.2, -0.15) is 0 Å². The molecule has 1 heteroatoms. The summed E-state index contributed by atoms with van der Waals surface area (Å²) < 4.78 is 0. The zero-order valence-electron chi connectivity index (χ0n) is 10.5. The van der Waals surface area contributed by atoms with E-state index in [1.807, 2.05) is 0 Å². The van der Waals surface area contributed by atoms with Crippen molar-refractivity contribution in [3.05, 3.63) is 23.8 Å². The van der Waals surface area contributed by atoms with Crippen LogP contribution in [0.2, 0.25) is 0 Å². The van der Waals surface area contributed by atoms with E-state index >= 15 is 0 Å². The van der Waals surface area contributed by atoms with Gasteiger partial charge in [-0.25, -0.2) is 0 Å². The van der Waals surface area contributed by atoms with Crippen molar-refractivity contribution in [3.63, 3.8) is 0 Å². The molecule has 1 aliphatic carbocycles. The fourth-order valence-electron chi connectivity index (χ4n) is 2.32. The molecule has 1 aliphatic rings. The number of carbonyl (C=O) groups excluding carboxylic acids is 1. The van der Waals surface area contributed by atoms with Crippen LogP contribution in [0.3, 0.4) is 0 Å². The molecule has 0 radical (unpaired) electrons. The van der Waals surface area contributed by atoms with Gasteiger partial charge in [-0.3, -0.25) is 4.79 Å². The van der Waals surface area contributed by atoms with E-state index < -0.39 is 0 Å². The van der Waals surface area contributed by atoms with Gasteiger partial charge in [-0.05, 0) is 37.7 Å². The van der Waals surface area contributed by atoms with Gasteiger partial charge in [0.25, 0.3) is 0 Å². The van der Waals surface area contributed by atoms with Crippen molar-refractivity contribution in [3.8, 4) is 0 Å². The average molecular weight is 206 g/mol. The van der Waals surface area contributed by atoms with Crippen LogP contribution in [0, 0.1) is 17.3 Å². The van der Waals surface area contributed by atoms with E-state index in [0.29, 0.717) is 11.8 Å². The highest BCUT2D eigenvalue weighted by Crippen LogP contribution is 2.45. The first-order valence-corrected chi connectivity index (χ1v) is 5.71. The number of ketones is 1. The van der Waals surface area contributed by atoms with Crippen LogP contribution in [-0.4, -0.2) is 5.78 Å². The molecule has 15 heavy (non-hydrogen) atoms. The molecular weight excluding hydrogens is 184 g/mol. The molecule has 0 amide bonds. The molecule has 0 spiro atoms. The van der Waals surface area contributed by atoms with Gasteiger partial charge in [-0.15, -0.1) is 0 Å². The Kier molecular flexibility index (Phi) is 3.54. The summed E-state index contributed by atoms with van der Waals surface area (Å²) in [6.07, 6.45) is 7.25. The minimum atomic E-state index is 0.136. The normalized spacial score (nSPS) is 30.3. The quantitative estimate of drug-likeness (QED) is 0.496. The Morgan fingerprint density at radius 3 is 2.67 bits per heavy atom. The Balaban J connectivity index is 2.96. The Labute approximate surface area is 93.3 Å². The fourth-order valence-corrected chi connectivity index (χ4v) is 2.32. The van der Waals surface area contributed by atoms with E-state index in [0.717, 1.165) is 6.42 Å². The third-order valence-electron chi connectivity index (χ3n) is 3.88. The number of allylic oxidation sites excluding steroid dienone is 4. The zero-order chi connectivity index (χ0) is 11.6. The third-order valence-corrected chi connectivity index (χ3v) is 3.88. The van der Waals surface area contributed by atoms with Gasteiger partial charge in [-0.1, -0.05) is 38.5 Å². The van der Waals surface area contributed by atoms with Gasteiger partial charge in [0.05, 0.1) is 0 Å². The van der Waals surface area contributed by atoms with Crippen LogP contribution in [0.4, 0.5) is 0 Å². The molecule has 0 aliphatic heterocycles. The van der Waals surface area contributed by atoms with Crippen LogP contribution in [-0.2, 0) is 4.79 Å². The van der Waals surface area contributed by atoms with Crippen molar-refractivity contribution in [2.75, 3.05) is 0 Å². The van der Waals surface area contributed by atoms with Gasteiger partial charge in [0.1, 0.15) is 0 Å². The van der Waals surface area contributed by atoms with Gasteiger partial charge < -0.3 is 0 Å². The molecular formula is C14H22O. The van der Waals surface area contributed by atoms with Crippen molar-refractivity contribution < 1.29 is 4.79 Å². The molecule has 0 aromatic rings. The van der Waals surface area contributed by atoms with Crippen LogP contribution in [0.15, 0.2) is 23.8 Å². The van der Waals surface area contributed by atoms with Crippen LogP contribution >= 0.6 is 0 Å². The van der Waals surface area contributed by atoms with Gasteiger partial charge >= 0.3 is 0 Å². The molecule has 0 saturated carbocycles. The largest absolute Gasteiger partial charge is 0.295 e. The first kappa shape index (κ1) is 12.2. The second kappa shape index (κ2) is 4.34. The maximum Gasteiger partial charge on any atom is 0.152 e. The van der Waals surface area contributed by atoms with E-state index in [1.54, 1.807) is 13.0 Å². The van der Waals surface area contributed by atoms with E-state index in [1.165, 1.54) is 5.57 Å². The number of hydrogen-bond acceptors (Lipinski definition) is 1. The van der Waals surface area contributed by atoms with Crippen LogP contribution in [0.25, 0.3) is 0 Å². The highest BCUT2D eigenvalue weighted by Gasteiger charge is 2.36. The maximum atomic E-state index is 11.0. The van der Waals surface area contributed by atoms with Crippen molar-refractivity contribution in [2.24, 2.45) is 17.3 Å². The molecule has 84 valence electrons. The summed E-state index contributed by atoms with van der Waals surface area (Å²) in [6.45, 7) is 10.7. The van der Waals surface area contributed by atoms with E-state index in [2.05, 4.69) is 39.8 Å². The van der Waals surface area contributed by atoms with Crippen molar-refractivity contribution in [1.82, 2.24) is 0 Å². The summed E-state index contributed by atoms with van der Waals surface area (Å²) in [5.74, 6) is 1.21. The standard InChI is InChI=1S/C14H22O/c1-10-6-7-11(2)14(4,5)13(10)9-8-12(3)15/h6,8-9,11,13H,7H2,1-5H3/b9-8-/t11-,13-/m1/s1. The average Bonchev–Trinajstić information content (AvgIpc) is 2.11. The first-order chi connectivity index (χ1) is 6.85. The highest BCUT2D eigenvalue weighted by molar-refractivity contribution is 5.87. The molecule has 0 aromatic carbocycles. The van der Waals surface area contributed by atoms with Crippen molar-refractivity contribution >= 4 is 5.78 Å². The molecule has 0 saturated heterocycles. The molecule has 0 unspecified atom stereocenters. The lowest BCUT2D eigenvalue weighted by atomic mass is 9.63. The van der Waals surface area contributed by atoms with Gasteiger partial charge in [0.2, 0.25) is 0 Å². The molecule has 0 aromatic heterocycles. The van der Waals surface area contributed by atoms with Crippen molar-refractivity contribution in [1.29, 1.82) is 0 Å². The summed E-state index contributed by atoms with van der Waals surface area (Å²) in [5, 5.41) is 0.